The molecule has 0 amide bonds. The number of pyridine rings is 1. The highest BCUT2D eigenvalue weighted by Gasteiger charge is 2.27. The van der Waals surface area contributed by atoms with Crippen molar-refractivity contribution in [1.29, 1.82) is 0 Å². The number of hydrogen-bond donors (Lipinski definition) is 0. The van der Waals surface area contributed by atoms with E-state index in [9.17, 15) is 8.60 Å². The first-order valence-electron chi connectivity index (χ1n) is 10.2. The lowest BCUT2D eigenvalue weighted by Gasteiger charge is -2.21. The van der Waals surface area contributed by atoms with Crippen LogP contribution < -0.4 is 0 Å². The van der Waals surface area contributed by atoms with Crippen molar-refractivity contribution in [3.8, 4) is 33.9 Å². The van der Waals surface area contributed by atoms with Crippen molar-refractivity contribution in [2.45, 2.75) is 25.6 Å². The van der Waals surface area contributed by atoms with Gasteiger partial charge in [0.05, 0.1) is 11.4 Å². The van der Waals surface area contributed by atoms with E-state index in [1.807, 2.05) is 50.2 Å². The molecule has 6 heteroatoms. The van der Waals surface area contributed by atoms with Crippen LogP contribution >= 0.6 is 0 Å². The van der Waals surface area contributed by atoms with Crippen molar-refractivity contribution in [1.82, 2.24) is 14.5 Å². The van der Waals surface area contributed by atoms with E-state index >= 15 is 0 Å². The highest BCUT2D eigenvalue weighted by Crippen LogP contribution is 2.40. The number of aromatic nitrogens is 3. The van der Waals surface area contributed by atoms with Crippen LogP contribution in [0.4, 0.5) is 4.39 Å². The molecule has 31 heavy (non-hydrogen) atoms. The second-order valence-corrected chi connectivity index (χ2v) is 8.96. The van der Waals surface area contributed by atoms with E-state index in [4.69, 9.17) is 4.98 Å². The quantitative estimate of drug-likeness (QED) is 0.374. The number of rotatable bonds is 6. The molecular formula is C25H24FN3OS. The lowest BCUT2D eigenvalue weighted by molar-refractivity contribution is 0.616. The Hall–Kier alpha value is -3.12. The zero-order valence-corrected chi connectivity index (χ0v) is 18.6. The van der Waals surface area contributed by atoms with Crippen LogP contribution in [0.1, 0.15) is 24.3 Å². The molecular weight excluding hydrogens is 409 g/mol. The van der Waals surface area contributed by atoms with Crippen molar-refractivity contribution in [3.63, 3.8) is 0 Å². The Kier molecular flexibility index (Phi) is 6.09. The predicted molar refractivity (Wildman–Crippen MR) is 124 cm³/mol. The lowest BCUT2D eigenvalue weighted by Crippen LogP contribution is -2.16. The maximum atomic E-state index is 13.6. The first-order valence-corrected chi connectivity index (χ1v) is 11.8. The van der Waals surface area contributed by atoms with E-state index < -0.39 is 10.8 Å². The van der Waals surface area contributed by atoms with Gasteiger partial charge in [0, 0.05) is 46.1 Å². The largest absolute Gasteiger partial charge is 0.308 e. The van der Waals surface area contributed by atoms with Gasteiger partial charge in [-0.3, -0.25) is 9.19 Å². The molecule has 4 rings (SSSR count). The van der Waals surface area contributed by atoms with Crippen LogP contribution in [0.2, 0.25) is 0 Å². The van der Waals surface area contributed by atoms with Crippen LogP contribution in [0, 0.1) is 12.7 Å². The molecule has 0 bridgehead atoms. The van der Waals surface area contributed by atoms with Gasteiger partial charge in [0.25, 0.3) is 0 Å². The van der Waals surface area contributed by atoms with E-state index in [1.165, 1.54) is 12.1 Å². The Balaban J connectivity index is 2.12. The fourth-order valence-electron chi connectivity index (χ4n) is 3.89. The summed E-state index contributed by atoms with van der Waals surface area (Å²) in [6, 6.07) is 18.2. The molecule has 0 aliphatic carbocycles. The zero-order valence-electron chi connectivity index (χ0n) is 17.7. The number of hydrogen-bond acceptors (Lipinski definition) is 3. The molecule has 4 aromatic rings. The van der Waals surface area contributed by atoms with Gasteiger partial charge in [0.2, 0.25) is 0 Å². The first kappa shape index (κ1) is 21.1. The maximum absolute atomic E-state index is 13.6. The molecule has 0 N–H and O–H groups in total. The molecule has 4 nitrogen and oxygen atoms in total. The van der Waals surface area contributed by atoms with Gasteiger partial charge in [0.15, 0.2) is 0 Å². The average molecular weight is 434 g/mol. The Labute approximate surface area is 184 Å². The maximum Gasteiger partial charge on any atom is 0.142 e. The molecule has 0 saturated heterocycles. The van der Waals surface area contributed by atoms with Crippen molar-refractivity contribution in [3.05, 3.63) is 84.4 Å². The average Bonchev–Trinajstić information content (AvgIpc) is 3.15. The highest BCUT2D eigenvalue weighted by atomic mass is 32.2. The van der Waals surface area contributed by atoms with Crippen molar-refractivity contribution >= 4 is 10.8 Å². The molecule has 0 saturated carbocycles. The summed E-state index contributed by atoms with van der Waals surface area (Å²) < 4.78 is 28.6. The second-order valence-electron chi connectivity index (χ2n) is 7.42. The Morgan fingerprint density at radius 3 is 2.29 bits per heavy atom. The summed E-state index contributed by atoms with van der Waals surface area (Å²) in [6.45, 7) is 4.07. The molecule has 2 heterocycles. The molecule has 0 aliphatic rings. The number of aryl methyl sites for hydroxylation is 1. The van der Waals surface area contributed by atoms with Crippen LogP contribution in [-0.2, 0) is 10.8 Å². The topological polar surface area (TPSA) is 47.8 Å². The number of halogens is 1. The van der Waals surface area contributed by atoms with E-state index in [-0.39, 0.29) is 11.2 Å². The Morgan fingerprint density at radius 2 is 1.68 bits per heavy atom. The summed E-state index contributed by atoms with van der Waals surface area (Å²) >= 11 is 0. The summed E-state index contributed by atoms with van der Waals surface area (Å²) in [5, 5.41) is -0.264. The summed E-state index contributed by atoms with van der Waals surface area (Å²) in [6.07, 6.45) is 5.87. The van der Waals surface area contributed by atoms with Gasteiger partial charge < -0.3 is 4.57 Å². The van der Waals surface area contributed by atoms with E-state index in [2.05, 4.69) is 9.55 Å². The van der Waals surface area contributed by atoms with E-state index in [0.717, 1.165) is 39.5 Å². The molecule has 2 aromatic heterocycles. The van der Waals surface area contributed by atoms with Crippen LogP contribution in [0.3, 0.4) is 0 Å². The number of benzene rings is 2. The minimum Gasteiger partial charge on any atom is -0.308 e. The summed E-state index contributed by atoms with van der Waals surface area (Å²) in [5.41, 5.74) is 5.37. The monoisotopic (exact) mass is 433 g/mol. The van der Waals surface area contributed by atoms with E-state index in [0.29, 0.717) is 6.42 Å². The van der Waals surface area contributed by atoms with Crippen LogP contribution in [0.5, 0.6) is 0 Å². The number of nitrogens with zero attached hydrogens (tertiary/aromatic N) is 3. The third-order valence-electron chi connectivity index (χ3n) is 5.39. The molecule has 2 aromatic carbocycles. The third-order valence-corrected chi connectivity index (χ3v) is 6.70. The lowest BCUT2D eigenvalue weighted by atomic mass is 10.1. The second kappa shape index (κ2) is 8.94. The van der Waals surface area contributed by atoms with Gasteiger partial charge >= 0.3 is 0 Å². The molecule has 0 fully saturated rings. The molecule has 2 atom stereocenters. The van der Waals surface area contributed by atoms with Gasteiger partial charge in [0.1, 0.15) is 17.0 Å². The SMILES string of the molecule is CCC(n1c(-c2ccccc2C)nc(-c2ccc(F)cc2)c1-c1ccncc1)S(C)=O. The van der Waals surface area contributed by atoms with Crippen molar-refractivity contribution in [2.24, 2.45) is 0 Å². The fourth-order valence-corrected chi connectivity index (χ4v) is 4.86. The Bertz CT molecular complexity index is 1220. The van der Waals surface area contributed by atoms with Crippen LogP contribution in [-0.4, -0.2) is 25.0 Å². The summed E-state index contributed by atoms with van der Waals surface area (Å²) in [5.74, 6) is 0.458. The minimum absolute atomic E-state index is 0.264. The Morgan fingerprint density at radius 1 is 1.00 bits per heavy atom. The molecule has 0 aliphatic heterocycles. The van der Waals surface area contributed by atoms with Gasteiger partial charge in [-0.2, -0.15) is 0 Å². The standard InChI is InChI=1S/C25H24FN3OS/c1-4-22(31(3)30)29-24(19-13-15-27-16-14-19)23(18-9-11-20(26)12-10-18)28-25(29)21-8-6-5-7-17(21)2/h5-16,22H,4H2,1-3H3. The van der Waals surface area contributed by atoms with Crippen LogP contribution in [0.15, 0.2) is 73.1 Å². The summed E-state index contributed by atoms with van der Waals surface area (Å²) in [4.78, 5) is 9.21. The van der Waals surface area contributed by atoms with Gasteiger partial charge in [-0.1, -0.05) is 31.2 Å². The molecule has 158 valence electrons. The molecule has 2 unspecified atom stereocenters. The zero-order chi connectivity index (χ0) is 22.0. The van der Waals surface area contributed by atoms with Crippen LogP contribution in [0.25, 0.3) is 33.9 Å². The third kappa shape index (κ3) is 4.08. The van der Waals surface area contributed by atoms with Gasteiger partial charge in [-0.15, -0.1) is 0 Å². The first-order chi connectivity index (χ1) is 15.0. The predicted octanol–water partition coefficient (Wildman–Crippen LogP) is 6.01. The van der Waals surface area contributed by atoms with Gasteiger partial charge in [-0.25, -0.2) is 9.37 Å². The molecule has 0 radical (unpaired) electrons. The van der Waals surface area contributed by atoms with Crippen molar-refractivity contribution in [2.75, 3.05) is 6.26 Å². The van der Waals surface area contributed by atoms with Crippen molar-refractivity contribution < 1.29 is 8.60 Å². The fraction of sp³-hybridized carbons (Fsp3) is 0.200. The normalized spacial score (nSPS) is 13.2. The smallest absolute Gasteiger partial charge is 0.142 e. The minimum atomic E-state index is -1.13. The van der Waals surface area contributed by atoms with E-state index in [1.54, 1.807) is 30.8 Å². The summed E-state index contributed by atoms with van der Waals surface area (Å²) in [7, 11) is -1.13. The highest BCUT2D eigenvalue weighted by molar-refractivity contribution is 7.84. The van der Waals surface area contributed by atoms with Gasteiger partial charge in [-0.05, 0) is 55.3 Å². The number of imidazole rings is 1. The molecule has 0 spiro atoms.